The van der Waals surface area contributed by atoms with Gasteiger partial charge in [0.2, 0.25) is 5.82 Å². The predicted octanol–water partition coefficient (Wildman–Crippen LogP) is 3.87. The number of hydrogen-bond donors (Lipinski definition) is 1. The van der Waals surface area contributed by atoms with Crippen molar-refractivity contribution in [2.24, 2.45) is 0 Å². The van der Waals surface area contributed by atoms with Crippen LogP contribution in [0.4, 0.5) is 13.2 Å². The van der Waals surface area contributed by atoms with Crippen LogP contribution in [0.2, 0.25) is 0 Å². The van der Waals surface area contributed by atoms with Gasteiger partial charge in [0, 0.05) is 11.8 Å². The zero-order valence-electron chi connectivity index (χ0n) is 9.18. The maximum absolute atomic E-state index is 12.4. The van der Waals surface area contributed by atoms with Crippen molar-refractivity contribution < 1.29 is 17.9 Å². The molecular weight excluding hydrogens is 313 g/mol. The Kier molecular flexibility index (Phi) is 3.34. The minimum absolute atomic E-state index is 0.227. The van der Waals surface area contributed by atoms with Gasteiger partial charge in [-0.15, -0.1) is 0 Å². The molecule has 0 spiro atoms. The van der Waals surface area contributed by atoms with Gasteiger partial charge in [0.05, 0.1) is 17.3 Å². The van der Waals surface area contributed by atoms with Crippen LogP contribution in [0.15, 0.2) is 28.9 Å². The van der Waals surface area contributed by atoms with E-state index in [1.54, 1.807) is 18.2 Å². The molecule has 0 aliphatic carbocycles. The molecule has 0 radical (unpaired) electrons. The molecule has 0 aliphatic heterocycles. The first-order valence-electron chi connectivity index (χ1n) is 4.88. The van der Waals surface area contributed by atoms with Gasteiger partial charge in [0.1, 0.15) is 5.75 Å². The SMILES string of the molecule is COc1ccc(-c2c[nH]c(C(F)(F)F)n2)cc1Br. The number of H-pyrrole nitrogens is 1. The van der Waals surface area contributed by atoms with Gasteiger partial charge in [0.25, 0.3) is 0 Å². The first-order chi connectivity index (χ1) is 8.41. The number of ether oxygens (including phenoxy) is 1. The molecular formula is C11H8BrF3N2O. The van der Waals surface area contributed by atoms with Crippen LogP contribution in [0, 0.1) is 0 Å². The van der Waals surface area contributed by atoms with Gasteiger partial charge in [-0.1, -0.05) is 0 Å². The molecule has 0 amide bonds. The van der Waals surface area contributed by atoms with Gasteiger partial charge in [-0.3, -0.25) is 0 Å². The molecule has 0 saturated carbocycles. The van der Waals surface area contributed by atoms with Crippen molar-refractivity contribution in [2.75, 3.05) is 7.11 Å². The van der Waals surface area contributed by atoms with E-state index >= 15 is 0 Å². The van der Waals surface area contributed by atoms with Crippen molar-refractivity contribution in [1.29, 1.82) is 0 Å². The fraction of sp³-hybridized carbons (Fsp3) is 0.182. The van der Waals surface area contributed by atoms with Crippen LogP contribution in [0.3, 0.4) is 0 Å². The zero-order chi connectivity index (χ0) is 13.3. The lowest BCUT2D eigenvalue weighted by molar-refractivity contribution is -0.144. The van der Waals surface area contributed by atoms with E-state index in [1.165, 1.54) is 13.3 Å². The van der Waals surface area contributed by atoms with Crippen molar-refractivity contribution in [3.05, 3.63) is 34.7 Å². The second-order valence-corrected chi connectivity index (χ2v) is 4.34. The van der Waals surface area contributed by atoms with Gasteiger partial charge < -0.3 is 9.72 Å². The van der Waals surface area contributed by atoms with Gasteiger partial charge in [-0.25, -0.2) is 4.98 Å². The Morgan fingerprint density at radius 1 is 1.33 bits per heavy atom. The Morgan fingerprint density at radius 3 is 2.56 bits per heavy atom. The molecule has 0 aliphatic rings. The highest BCUT2D eigenvalue weighted by Gasteiger charge is 2.34. The number of imidazole rings is 1. The summed E-state index contributed by atoms with van der Waals surface area (Å²) >= 11 is 3.27. The van der Waals surface area contributed by atoms with Crippen molar-refractivity contribution in [3.63, 3.8) is 0 Å². The molecule has 1 aromatic carbocycles. The summed E-state index contributed by atoms with van der Waals surface area (Å²) in [6, 6.07) is 4.94. The van der Waals surface area contributed by atoms with Gasteiger partial charge in [0.15, 0.2) is 0 Å². The summed E-state index contributed by atoms with van der Waals surface area (Å²) in [7, 11) is 1.51. The molecule has 3 nitrogen and oxygen atoms in total. The smallest absolute Gasteiger partial charge is 0.449 e. The summed E-state index contributed by atoms with van der Waals surface area (Å²) in [5.41, 5.74) is 0.792. The molecule has 96 valence electrons. The monoisotopic (exact) mass is 320 g/mol. The van der Waals surface area contributed by atoms with Crippen LogP contribution in [-0.4, -0.2) is 17.1 Å². The highest BCUT2D eigenvalue weighted by atomic mass is 79.9. The summed E-state index contributed by atoms with van der Waals surface area (Å²) in [4.78, 5) is 5.62. The fourth-order valence-corrected chi connectivity index (χ4v) is 1.98. The lowest BCUT2D eigenvalue weighted by atomic mass is 10.2. The molecule has 1 heterocycles. The Labute approximate surface area is 109 Å². The maximum atomic E-state index is 12.4. The van der Waals surface area contributed by atoms with Gasteiger partial charge in [-0.05, 0) is 34.1 Å². The van der Waals surface area contributed by atoms with E-state index in [1.807, 2.05) is 0 Å². The topological polar surface area (TPSA) is 37.9 Å². The quantitative estimate of drug-likeness (QED) is 0.912. The van der Waals surface area contributed by atoms with E-state index in [9.17, 15) is 13.2 Å². The molecule has 2 aromatic rings. The summed E-state index contributed by atoms with van der Waals surface area (Å²) in [5, 5.41) is 0. The average Bonchev–Trinajstić information content (AvgIpc) is 2.77. The van der Waals surface area contributed by atoms with Crippen molar-refractivity contribution in [1.82, 2.24) is 9.97 Å². The third-order valence-electron chi connectivity index (χ3n) is 2.29. The molecule has 0 unspecified atom stereocenters. The third kappa shape index (κ3) is 2.50. The maximum Gasteiger partial charge on any atom is 0.449 e. The lowest BCUT2D eigenvalue weighted by Gasteiger charge is -2.04. The van der Waals surface area contributed by atoms with Gasteiger partial charge in [-0.2, -0.15) is 13.2 Å². The normalized spacial score (nSPS) is 11.6. The predicted molar refractivity (Wildman–Crippen MR) is 63.3 cm³/mol. The third-order valence-corrected chi connectivity index (χ3v) is 2.91. The average molecular weight is 321 g/mol. The summed E-state index contributed by atoms with van der Waals surface area (Å²) < 4.78 is 42.9. The number of nitrogens with zero attached hydrogens (tertiary/aromatic N) is 1. The largest absolute Gasteiger partial charge is 0.496 e. The second kappa shape index (κ2) is 4.64. The molecule has 7 heteroatoms. The van der Waals surface area contributed by atoms with E-state index in [0.29, 0.717) is 15.8 Å². The van der Waals surface area contributed by atoms with E-state index in [-0.39, 0.29) is 5.69 Å². The van der Waals surface area contributed by atoms with Crippen LogP contribution in [0.1, 0.15) is 5.82 Å². The minimum atomic E-state index is -4.47. The Morgan fingerprint density at radius 2 is 2.06 bits per heavy atom. The van der Waals surface area contributed by atoms with Crippen molar-refractivity contribution in [2.45, 2.75) is 6.18 Å². The van der Waals surface area contributed by atoms with Crippen LogP contribution in [0.5, 0.6) is 5.75 Å². The van der Waals surface area contributed by atoms with E-state index in [4.69, 9.17) is 4.74 Å². The number of rotatable bonds is 2. The van der Waals surface area contributed by atoms with E-state index in [0.717, 1.165) is 0 Å². The molecule has 1 N–H and O–H groups in total. The summed E-state index contributed by atoms with van der Waals surface area (Å²) in [6.45, 7) is 0. The minimum Gasteiger partial charge on any atom is -0.496 e. The van der Waals surface area contributed by atoms with Crippen molar-refractivity contribution in [3.8, 4) is 17.0 Å². The van der Waals surface area contributed by atoms with E-state index < -0.39 is 12.0 Å². The number of methoxy groups -OCH3 is 1. The fourth-order valence-electron chi connectivity index (χ4n) is 1.44. The van der Waals surface area contributed by atoms with Gasteiger partial charge >= 0.3 is 6.18 Å². The Bertz CT molecular complexity index is 566. The highest BCUT2D eigenvalue weighted by Crippen LogP contribution is 2.32. The van der Waals surface area contributed by atoms with Crippen molar-refractivity contribution >= 4 is 15.9 Å². The zero-order valence-corrected chi connectivity index (χ0v) is 10.8. The first-order valence-corrected chi connectivity index (χ1v) is 5.67. The van der Waals surface area contributed by atoms with Crippen LogP contribution in [0.25, 0.3) is 11.3 Å². The lowest BCUT2D eigenvalue weighted by Crippen LogP contribution is -2.07. The molecule has 0 fully saturated rings. The molecule has 0 saturated heterocycles. The number of benzene rings is 1. The molecule has 0 atom stereocenters. The van der Waals surface area contributed by atoms with Crippen LogP contribution >= 0.6 is 15.9 Å². The standard InChI is InChI=1S/C11H8BrF3N2O/c1-18-9-3-2-6(4-7(9)12)8-5-16-10(17-8)11(13,14)15/h2-5H,1H3,(H,16,17). The number of alkyl halides is 3. The summed E-state index contributed by atoms with van der Waals surface area (Å²) in [5.74, 6) is -0.408. The first kappa shape index (κ1) is 12.9. The number of aromatic amines is 1. The van der Waals surface area contributed by atoms with Crippen LogP contribution < -0.4 is 4.74 Å². The molecule has 0 bridgehead atoms. The summed E-state index contributed by atoms with van der Waals surface area (Å²) in [6.07, 6.45) is -3.25. The van der Waals surface area contributed by atoms with E-state index in [2.05, 4.69) is 25.9 Å². The molecule has 18 heavy (non-hydrogen) atoms. The number of hydrogen-bond acceptors (Lipinski definition) is 2. The number of halogens is 4. The van der Waals surface area contributed by atoms with Crippen LogP contribution in [-0.2, 0) is 6.18 Å². The molecule has 2 rings (SSSR count). The Balaban J connectivity index is 2.38. The highest BCUT2D eigenvalue weighted by molar-refractivity contribution is 9.10. The molecule has 1 aromatic heterocycles. The Hall–Kier alpha value is -1.50. The number of nitrogens with one attached hydrogen (secondary N) is 1. The number of aromatic nitrogens is 2. The second-order valence-electron chi connectivity index (χ2n) is 3.48.